The first-order valence-electron chi connectivity index (χ1n) is 13.1. The Morgan fingerprint density at radius 2 is 1.46 bits per heavy atom. The van der Waals surface area contributed by atoms with Crippen LogP contribution in [0.15, 0.2) is 30.5 Å². The zero-order chi connectivity index (χ0) is 30.5. The average Bonchev–Trinajstić information content (AvgIpc) is 3.32. The van der Waals surface area contributed by atoms with Crippen molar-refractivity contribution in [3.63, 3.8) is 0 Å². The molecule has 0 spiro atoms. The minimum atomic E-state index is -1.78. The fraction of sp³-hybridized carbons (Fsp3) is 0.462. The molecule has 4 amide bonds. The zero-order valence-electron chi connectivity index (χ0n) is 22.4. The van der Waals surface area contributed by atoms with Crippen LogP contribution < -0.4 is 33.2 Å². The summed E-state index contributed by atoms with van der Waals surface area (Å²) in [5.74, 6) is -6.29. The fourth-order valence-corrected chi connectivity index (χ4v) is 4.15. The number of H-pyrrole nitrogens is 1. The summed E-state index contributed by atoms with van der Waals surface area (Å²) in [6, 6.07) is 2.11. The summed E-state index contributed by atoms with van der Waals surface area (Å²) in [4.78, 5) is 75.9. The first kappa shape index (κ1) is 32.7. The Bertz CT molecular complexity index is 1250. The molecule has 0 aliphatic rings. The molecule has 0 fully saturated rings. The molecular formula is C26H37N7O8. The second-order valence-electron chi connectivity index (χ2n) is 9.58. The molecule has 0 saturated heterocycles. The smallest absolute Gasteiger partial charge is 0.326 e. The van der Waals surface area contributed by atoms with Gasteiger partial charge in [-0.2, -0.15) is 0 Å². The molecule has 1 heterocycles. The van der Waals surface area contributed by atoms with E-state index < -0.39 is 66.2 Å². The maximum absolute atomic E-state index is 13.2. The van der Waals surface area contributed by atoms with Crippen molar-refractivity contribution < 1.29 is 39.0 Å². The second-order valence-corrected chi connectivity index (χ2v) is 9.58. The normalized spacial score (nSPS) is 13.9. The number of aliphatic carboxylic acids is 2. The lowest BCUT2D eigenvalue weighted by Crippen LogP contribution is -2.57. The number of hydrogen-bond donors (Lipinski definition) is 9. The van der Waals surface area contributed by atoms with Crippen LogP contribution in [-0.2, 0) is 35.2 Å². The summed E-state index contributed by atoms with van der Waals surface area (Å²) in [5, 5.41) is 26.2. The number of aromatic amines is 1. The molecule has 2 aromatic rings. The highest BCUT2D eigenvalue weighted by Gasteiger charge is 2.31. The number of fused-ring (bicyclic) bond motifs is 1. The Morgan fingerprint density at radius 1 is 0.854 bits per heavy atom. The molecule has 0 aliphatic carbocycles. The van der Waals surface area contributed by atoms with Crippen molar-refractivity contribution in [1.82, 2.24) is 20.9 Å². The van der Waals surface area contributed by atoms with Gasteiger partial charge in [0.2, 0.25) is 23.6 Å². The molecule has 0 bridgehead atoms. The average molecular weight is 576 g/mol. The van der Waals surface area contributed by atoms with Gasteiger partial charge >= 0.3 is 11.9 Å². The lowest BCUT2D eigenvalue weighted by Gasteiger charge is -2.25. The van der Waals surface area contributed by atoms with Gasteiger partial charge < -0.3 is 48.3 Å². The third kappa shape index (κ3) is 10.5. The number of hydrogen-bond acceptors (Lipinski definition) is 8. The summed E-state index contributed by atoms with van der Waals surface area (Å²) in [5.41, 5.74) is 18.6. The van der Waals surface area contributed by atoms with Gasteiger partial charge in [-0.1, -0.05) is 18.2 Å². The SMILES string of the molecule is NCCCCC(NC(=O)C(N)Cc1c[nH]c2ccccc12)C(=O)NC(CCC(N)=O)C(=O)NC(CC(=O)O)C(=O)O. The van der Waals surface area contributed by atoms with E-state index in [1.54, 1.807) is 6.20 Å². The van der Waals surface area contributed by atoms with Gasteiger partial charge in [-0.05, 0) is 50.3 Å². The molecule has 1 aromatic heterocycles. The van der Waals surface area contributed by atoms with Crippen molar-refractivity contribution in [2.45, 2.75) is 69.1 Å². The number of benzene rings is 1. The molecular weight excluding hydrogens is 538 g/mol. The molecule has 4 unspecified atom stereocenters. The molecule has 224 valence electrons. The number of rotatable bonds is 18. The molecule has 15 heteroatoms. The topological polar surface area (TPSA) is 273 Å². The van der Waals surface area contributed by atoms with E-state index in [4.69, 9.17) is 22.3 Å². The van der Waals surface area contributed by atoms with E-state index in [-0.39, 0.29) is 25.7 Å². The number of para-hydroxylation sites is 1. The lowest BCUT2D eigenvalue weighted by molar-refractivity contribution is -0.147. The van der Waals surface area contributed by atoms with E-state index in [2.05, 4.69) is 20.9 Å². The fourth-order valence-electron chi connectivity index (χ4n) is 4.15. The monoisotopic (exact) mass is 575 g/mol. The van der Waals surface area contributed by atoms with Crippen LogP contribution in [0.2, 0.25) is 0 Å². The number of amides is 4. The van der Waals surface area contributed by atoms with Crippen LogP contribution in [-0.4, -0.2) is 81.5 Å². The van der Waals surface area contributed by atoms with Gasteiger partial charge in [0.25, 0.3) is 0 Å². The third-order valence-electron chi connectivity index (χ3n) is 6.34. The van der Waals surface area contributed by atoms with Gasteiger partial charge in [-0.3, -0.25) is 24.0 Å². The lowest BCUT2D eigenvalue weighted by atomic mass is 10.0. The van der Waals surface area contributed by atoms with Crippen LogP contribution >= 0.6 is 0 Å². The number of nitrogens with two attached hydrogens (primary N) is 3. The number of carbonyl (C=O) groups excluding carboxylic acids is 4. The molecule has 4 atom stereocenters. The van der Waals surface area contributed by atoms with E-state index in [9.17, 15) is 33.9 Å². The Balaban J connectivity index is 2.16. The van der Waals surface area contributed by atoms with Crippen molar-refractivity contribution in [2.24, 2.45) is 17.2 Å². The summed E-state index contributed by atoms with van der Waals surface area (Å²) < 4.78 is 0. The Kier molecular flexibility index (Phi) is 12.7. The van der Waals surface area contributed by atoms with Crippen molar-refractivity contribution in [1.29, 1.82) is 0 Å². The molecule has 2 rings (SSSR count). The van der Waals surface area contributed by atoms with E-state index in [0.717, 1.165) is 16.5 Å². The Hall–Kier alpha value is -4.50. The zero-order valence-corrected chi connectivity index (χ0v) is 22.4. The largest absolute Gasteiger partial charge is 0.481 e. The highest BCUT2D eigenvalue weighted by Crippen LogP contribution is 2.19. The number of carboxylic acids is 2. The first-order valence-corrected chi connectivity index (χ1v) is 13.1. The molecule has 15 nitrogen and oxygen atoms in total. The standard InChI is InChI=1S/C26H37N7O8/c27-10-4-3-7-18(31-23(37)16(28)11-14-13-30-17-6-2-1-5-15(14)17)24(38)32-19(8-9-21(29)34)25(39)33-20(26(40)41)12-22(35)36/h1-2,5-6,13,16,18-20,30H,3-4,7-12,27-28H2,(H2,29,34)(H,31,37)(H,32,38)(H,33,39)(H,35,36)(H,40,41). The highest BCUT2D eigenvalue weighted by atomic mass is 16.4. The molecule has 41 heavy (non-hydrogen) atoms. The summed E-state index contributed by atoms with van der Waals surface area (Å²) in [7, 11) is 0. The Labute approximate surface area is 235 Å². The van der Waals surface area contributed by atoms with Gasteiger partial charge in [0.15, 0.2) is 0 Å². The van der Waals surface area contributed by atoms with Gasteiger partial charge in [0.05, 0.1) is 12.5 Å². The van der Waals surface area contributed by atoms with Gasteiger partial charge in [0, 0.05) is 23.5 Å². The maximum Gasteiger partial charge on any atom is 0.326 e. The molecule has 0 aliphatic heterocycles. The molecule has 0 saturated carbocycles. The van der Waals surface area contributed by atoms with Crippen molar-refractivity contribution in [2.75, 3.05) is 6.54 Å². The van der Waals surface area contributed by atoms with Crippen LogP contribution in [0.25, 0.3) is 10.9 Å². The van der Waals surface area contributed by atoms with E-state index >= 15 is 0 Å². The molecule has 0 radical (unpaired) electrons. The summed E-state index contributed by atoms with van der Waals surface area (Å²) in [6.07, 6.45) is 1.52. The van der Waals surface area contributed by atoms with Crippen molar-refractivity contribution in [3.8, 4) is 0 Å². The maximum atomic E-state index is 13.2. The van der Waals surface area contributed by atoms with E-state index in [1.165, 1.54) is 0 Å². The first-order chi connectivity index (χ1) is 19.4. The molecule has 12 N–H and O–H groups in total. The molecule has 1 aromatic carbocycles. The minimum Gasteiger partial charge on any atom is -0.481 e. The predicted octanol–water partition coefficient (Wildman–Crippen LogP) is -1.55. The highest BCUT2D eigenvalue weighted by molar-refractivity contribution is 5.95. The summed E-state index contributed by atoms with van der Waals surface area (Å²) >= 11 is 0. The van der Waals surface area contributed by atoms with Crippen LogP contribution in [0.1, 0.15) is 44.1 Å². The number of nitrogens with one attached hydrogen (secondary N) is 4. The number of primary amides is 1. The number of unbranched alkanes of at least 4 members (excludes halogenated alkanes) is 1. The number of carboxylic acid groups (broad SMARTS) is 2. The Morgan fingerprint density at radius 3 is 2.07 bits per heavy atom. The van der Waals surface area contributed by atoms with Crippen LogP contribution in [0.4, 0.5) is 0 Å². The van der Waals surface area contributed by atoms with E-state index in [0.29, 0.717) is 19.4 Å². The third-order valence-corrected chi connectivity index (χ3v) is 6.34. The van der Waals surface area contributed by atoms with Crippen molar-refractivity contribution in [3.05, 3.63) is 36.0 Å². The van der Waals surface area contributed by atoms with Crippen molar-refractivity contribution >= 4 is 46.5 Å². The number of carbonyl (C=O) groups is 6. The quantitative estimate of drug-likeness (QED) is 0.0922. The predicted molar refractivity (Wildman–Crippen MR) is 147 cm³/mol. The summed E-state index contributed by atoms with van der Waals surface area (Å²) in [6.45, 7) is 0.339. The van der Waals surface area contributed by atoms with E-state index in [1.807, 2.05) is 24.3 Å². The van der Waals surface area contributed by atoms with Gasteiger partial charge in [-0.25, -0.2) is 4.79 Å². The number of aromatic nitrogens is 1. The minimum absolute atomic E-state index is 0.148. The van der Waals surface area contributed by atoms with Crippen LogP contribution in [0, 0.1) is 0 Å². The van der Waals surface area contributed by atoms with Crippen LogP contribution in [0.5, 0.6) is 0 Å². The van der Waals surface area contributed by atoms with Gasteiger partial charge in [0.1, 0.15) is 18.1 Å². The second kappa shape index (κ2) is 15.9. The van der Waals surface area contributed by atoms with Gasteiger partial charge in [-0.15, -0.1) is 0 Å². The van der Waals surface area contributed by atoms with Crippen LogP contribution in [0.3, 0.4) is 0 Å².